The summed E-state index contributed by atoms with van der Waals surface area (Å²) in [4.78, 5) is 0. The van der Waals surface area contributed by atoms with Crippen LogP contribution in [-0.2, 0) is 9.84 Å². The summed E-state index contributed by atoms with van der Waals surface area (Å²) in [5, 5.41) is 14.0. The van der Waals surface area contributed by atoms with Crippen LogP contribution in [0.3, 0.4) is 0 Å². The third kappa shape index (κ3) is 2.87. The quantitative estimate of drug-likeness (QED) is 0.907. The van der Waals surface area contributed by atoms with E-state index in [1.807, 2.05) is 13.8 Å². The van der Waals surface area contributed by atoms with Crippen molar-refractivity contribution < 1.29 is 13.5 Å². The second-order valence-corrected chi connectivity index (χ2v) is 8.46. The molecular weight excluding hydrogens is 332 g/mol. The molecule has 5 nitrogen and oxygen atoms in total. The summed E-state index contributed by atoms with van der Waals surface area (Å²) in [5.41, 5.74) is 0.561. The van der Waals surface area contributed by atoms with Gasteiger partial charge in [0, 0.05) is 6.04 Å². The number of halogens is 1. The molecule has 1 N–H and O–H groups in total. The molecule has 0 aliphatic carbocycles. The fourth-order valence-corrected chi connectivity index (χ4v) is 5.01. The molecule has 1 aliphatic rings. The third-order valence-electron chi connectivity index (χ3n) is 3.54. The van der Waals surface area contributed by atoms with E-state index in [4.69, 9.17) is 0 Å². The average molecular weight is 351 g/mol. The zero-order chi connectivity index (χ0) is 14.2. The third-order valence-corrected chi connectivity index (χ3v) is 6.42. The minimum Gasteiger partial charge on any atom is -0.385 e. The molecule has 2 heterocycles. The van der Waals surface area contributed by atoms with Gasteiger partial charge in [0.1, 0.15) is 6.10 Å². The molecule has 19 heavy (non-hydrogen) atoms. The van der Waals surface area contributed by atoms with Gasteiger partial charge in [-0.2, -0.15) is 5.10 Å². The van der Waals surface area contributed by atoms with E-state index in [9.17, 15) is 13.5 Å². The molecule has 0 amide bonds. The SMILES string of the molecule is CC(C)n1ncc(Br)c1C(O)C1CCCCS1(=O)=O. The number of aliphatic hydroxyl groups excluding tert-OH is 1. The lowest BCUT2D eigenvalue weighted by Crippen LogP contribution is -2.35. The van der Waals surface area contributed by atoms with Gasteiger partial charge < -0.3 is 5.11 Å². The van der Waals surface area contributed by atoms with Gasteiger partial charge in [0.25, 0.3) is 0 Å². The van der Waals surface area contributed by atoms with E-state index in [1.165, 1.54) is 0 Å². The van der Waals surface area contributed by atoms with Crippen LogP contribution in [0.2, 0.25) is 0 Å². The summed E-state index contributed by atoms with van der Waals surface area (Å²) in [6, 6.07) is 0.0715. The summed E-state index contributed by atoms with van der Waals surface area (Å²) in [7, 11) is -3.22. The summed E-state index contributed by atoms with van der Waals surface area (Å²) in [5.74, 6) is 0.169. The molecule has 7 heteroatoms. The van der Waals surface area contributed by atoms with Gasteiger partial charge in [-0.15, -0.1) is 0 Å². The van der Waals surface area contributed by atoms with Crippen LogP contribution in [0, 0.1) is 0 Å². The fourth-order valence-electron chi connectivity index (χ4n) is 2.55. The van der Waals surface area contributed by atoms with Crippen molar-refractivity contribution in [2.75, 3.05) is 5.75 Å². The van der Waals surface area contributed by atoms with Gasteiger partial charge in [0.05, 0.1) is 27.4 Å². The summed E-state index contributed by atoms with van der Waals surface area (Å²) in [6.45, 7) is 3.90. The Morgan fingerprint density at radius 3 is 2.74 bits per heavy atom. The Kier molecular flexibility index (Phi) is 4.37. The van der Waals surface area contributed by atoms with Gasteiger partial charge in [-0.1, -0.05) is 6.42 Å². The van der Waals surface area contributed by atoms with Crippen molar-refractivity contribution in [1.82, 2.24) is 9.78 Å². The first kappa shape index (κ1) is 15.0. The zero-order valence-electron chi connectivity index (χ0n) is 11.1. The average Bonchev–Trinajstić information content (AvgIpc) is 2.70. The van der Waals surface area contributed by atoms with Crippen LogP contribution < -0.4 is 0 Å². The first-order valence-electron chi connectivity index (χ1n) is 6.47. The Labute approximate surface area is 122 Å². The second-order valence-electron chi connectivity index (χ2n) is 5.26. The number of rotatable bonds is 3. The van der Waals surface area contributed by atoms with E-state index in [2.05, 4.69) is 21.0 Å². The Morgan fingerprint density at radius 2 is 2.16 bits per heavy atom. The van der Waals surface area contributed by atoms with Crippen molar-refractivity contribution in [3.8, 4) is 0 Å². The standard InChI is InChI=1S/C12H19BrN2O3S/c1-8(2)15-11(9(13)7-14-15)12(16)10-5-3-4-6-19(10,17)18/h7-8,10,12,16H,3-6H2,1-2H3. The Hall–Kier alpha value is -0.400. The Morgan fingerprint density at radius 1 is 1.47 bits per heavy atom. The lowest BCUT2D eigenvalue weighted by Gasteiger charge is -2.28. The second kappa shape index (κ2) is 5.54. The predicted octanol–water partition coefficient (Wildman–Crippen LogP) is 2.23. The van der Waals surface area contributed by atoms with E-state index < -0.39 is 21.2 Å². The molecule has 1 saturated heterocycles. The van der Waals surface area contributed by atoms with Gasteiger partial charge in [-0.3, -0.25) is 4.68 Å². The van der Waals surface area contributed by atoms with Gasteiger partial charge >= 0.3 is 0 Å². The van der Waals surface area contributed by atoms with Crippen LogP contribution in [0.1, 0.15) is 50.9 Å². The Bertz CT molecular complexity index is 553. The first-order chi connectivity index (χ1) is 8.84. The normalized spacial score (nSPS) is 24.6. The first-order valence-corrected chi connectivity index (χ1v) is 8.98. The van der Waals surface area contributed by atoms with E-state index in [-0.39, 0.29) is 11.8 Å². The summed E-state index contributed by atoms with van der Waals surface area (Å²) >= 11 is 3.35. The smallest absolute Gasteiger partial charge is 0.156 e. The van der Waals surface area contributed by atoms with Crippen LogP contribution in [0.5, 0.6) is 0 Å². The highest BCUT2D eigenvalue weighted by Gasteiger charge is 2.38. The predicted molar refractivity (Wildman–Crippen MR) is 76.7 cm³/mol. The molecular formula is C12H19BrN2O3S. The highest BCUT2D eigenvalue weighted by atomic mass is 79.9. The van der Waals surface area contributed by atoms with E-state index in [1.54, 1.807) is 10.9 Å². The van der Waals surface area contributed by atoms with Gasteiger partial charge in [0.2, 0.25) is 0 Å². The molecule has 1 aromatic rings. The maximum atomic E-state index is 12.1. The summed E-state index contributed by atoms with van der Waals surface area (Å²) in [6.07, 6.45) is 2.63. The van der Waals surface area contributed by atoms with Crippen LogP contribution in [0.4, 0.5) is 0 Å². The number of aliphatic hydroxyl groups is 1. The molecule has 0 aromatic carbocycles. The zero-order valence-corrected chi connectivity index (χ0v) is 13.5. The molecule has 108 valence electrons. The number of sulfone groups is 1. The Balaban J connectivity index is 2.39. The topological polar surface area (TPSA) is 72.2 Å². The highest BCUT2D eigenvalue weighted by Crippen LogP contribution is 2.34. The van der Waals surface area contributed by atoms with Gasteiger partial charge in [0.15, 0.2) is 9.84 Å². The van der Waals surface area contributed by atoms with Crippen molar-refractivity contribution in [3.63, 3.8) is 0 Å². The maximum absolute atomic E-state index is 12.1. The van der Waals surface area contributed by atoms with Crippen LogP contribution in [0.15, 0.2) is 10.7 Å². The minimum absolute atomic E-state index is 0.0715. The molecule has 0 radical (unpaired) electrons. The van der Waals surface area contributed by atoms with Crippen LogP contribution >= 0.6 is 15.9 Å². The van der Waals surface area contributed by atoms with Crippen molar-refractivity contribution in [3.05, 3.63) is 16.4 Å². The fraction of sp³-hybridized carbons (Fsp3) is 0.750. The van der Waals surface area contributed by atoms with Crippen molar-refractivity contribution in [1.29, 1.82) is 0 Å². The lowest BCUT2D eigenvalue weighted by molar-refractivity contribution is 0.151. The number of aromatic nitrogens is 2. The molecule has 2 unspecified atom stereocenters. The minimum atomic E-state index is -3.22. The van der Waals surface area contributed by atoms with Crippen molar-refractivity contribution in [2.45, 2.75) is 50.5 Å². The molecule has 1 aromatic heterocycles. The lowest BCUT2D eigenvalue weighted by atomic mass is 10.1. The molecule has 0 saturated carbocycles. The number of hydrogen-bond donors (Lipinski definition) is 1. The van der Waals surface area contributed by atoms with Gasteiger partial charge in [-0.05, 0) is 42.6 Å². The van der Waals surface area contributed by atoms with E-state index in [0.29, 0.717) is 23.0 Å². The molecule has 1 aliphatic heterocycles. The molecule has 2 atom stereocenters. The van der Waals surface area contributed by atoms with E-state index in [0.717, 1.165) is 6.42 Å². The van der Waals surface area contributed by atoms with E-state index >= 15 is 0 Å². The molecule has 0 bridgehead atoms. The monoisotopic (exact) mass is 350 g/mol. The number of hydrogen-bond acceptors (Lipinski definition) is 4. The van der Waals surface area contributed by atoms with Crippen LogP contribution in [0.25, 0.3) is 0 Å². The largest absolute Gasteiger partial charge is 0.385 e. The molecule has 2 rings (SSSR count). The van der Waals surface area contributed by atoms with Crippen molar-refractivity contribution in [2.24, 2.45) is 0 Å². The number of nitrogens with zero attached hydrogens (tertiary/aromatic N) is 2. The maximum Gasteiger partial charge on any atom is 0.156 e. The van der Waals surface area contributed by atoms with Gasteiger partial charge in [-0.25, -0.2) is 8.42 Å². The molecule has 0 spiro atoms. The van der Waals surface area contributed by atoms with Crippen LogP contribution in [-0.4, -0.2) is 34.3 Å². The highest BCUT2D eigenvalue weighted by molar-refractivity contribution is 9.10. The summed E-state index contributed by atoms with van der Waals surface area (Å²) < 4.78 is 26.6. The molecule has 1 fully saturated rings. The van der Waals surface area contributed by atoms with Crippen molar-refractivity contribution >= 4 is 25.8 Å².